The van der Waals surface area contributed by atoms with E-state index in [9.17, 15) is 4.79 Å². The zero-order valence-electron chi connectivity index (χ0n) is 11.7. The van der Waals surface area contributed by atoms with Gasteiger partial charge in [0.2, 0.25) is 5.91 Å². The molecule has 0 spiro atoms. The first-order valence-electron chi connectivity index (χ1n) is 7.22. The van der Waals surface area contributed by atoms with Crippen LogP contribution >= 0.6 is 11.3 Å². The molecule has 4 heteroatoms. The van der Waals surface area contributed by atoms with Gasteiger partial charge in [-0.2, -0.15) is 0 Å². The average molecular weight is 280 g/mol. The predicted molar refractivity (Wildman–Crippen MR) is 80.2 cm³/mol. The van der Waals surface area contributed by atoms with Gasteiger partial charge in [-0.3, -0.25) is 4.79 Å². The van der Waals surface area contributed by atoms with Gasteiger partial charge in [0, 0.05) is 23.9 Å². The van der Waals surface area contributed by atoms with E-state index in [0.29, 0.717) is 30.8 Å². The van der Waals surface area contributed by atoms with E-state index in [1.54, 1.807) is 11.3 Å². The topological polar surface area (TPSA) is 46.3 Å². The van der Waals surface area contributed by atoms with E-state index in [-0.39, 0.29) is 0 Å². The molecule has 0 radical (unpaired) electrons. The number of nitrogens with two attached hydrogens (primary N) is 1. The molecule has 1 aromatic rings. The summed E-state index contributed by atoms with van der Waals surface area (Å²) in [6, 6.07) is 4.60. The number of aryl methyl sites for hydroxylation is 1. The van der Waals surface area contributed by atoms with E-state index in [1.807, 2.05) is 0 Å². The molecule has 1 aliphatic heterocycles. The Bertz CT molecular complexity index is 391. The third kappa shape index (κ3) is 4.05. The lowest BCUT2D eigenvalue weighted by Gasteiger charge is -2.37. The Morgan fingerprint density at radius 2 is 2.37 bits per heavy atom. The van der Waals surface area contributed by atoms with Crippen molar-refractivity contribution < 1.29 is 4.79 Å². The molecular weight excluding hydrogens is 256 g/mol. The van der Waals surface area contributed by atoms with E-state index in [2.05, 4.69) is 29.3 Å². The molecule has 2 heterocycles. The summed E-state index contributed by atoms with van der Waals surface area (Å²) >= 11 is 1.77. The Labute approximate surface area is 119 Å². The van der Waals surface area contributed by atoms with Gasteiger partial charge in [-0.25, -0.2) is 0 Å². The van der Waals surface area contributed by atoms with Gasteiger partial charge in [0.05, 0.1) is 0 Å². The first-order chi connectivity index (χ1) is 9.20. The average Bonchev–Trinajstić information content (AvgIpc) is 2.92. The van der Waals surface area contributed by atoms with Gasteiger partial charge >= 0.3 is 0 Å². The maximum absolute atomic E-state index is 12.3. The summed E-state index contributed by atoms with van der Waals surface area (Å²) in [7, 11) is 0. The van der Waals surface area contributed by atoms with Crippen LogP contribution in [-0.4, -0.2) is 29.9 Å². The maximum Gasteiger partial charge on any atom is 0.222 e. The van der Waals surface area contributed by atoms with Crippen LogP contribution in [0.1, 0.15) is 37.5 Å². The number of nitrogens with zero attached hydrogens (tertiary/aromatic N) is 1. The zero-order chi connectivity index (χ0) is 13.7. The van der Waals surface area contributed by atoms with Crippen LogP contribution < -0.4 is 5.73 Å². The summed E-state index contributed by atoms with van der Waals surface area (Å²) in [6.07, 6.45) is 4.90. The lowest BCUT2D eigenvalue weighted by Crippen LogP contribution is -2.47. The molecule has 0 aliphatic carbocycles. The molecule has 0 aromatic carbocycles. The fourth-order valence-electron chi connectivity index (χ4n) is 2.73. The number of hydrogen-bond donors (Lipinski definition) is 1. The van der Waals surface area contributed by atoms with E-state index >= 15 is 0 Å². The second kappa shape index (κ2) is 7.06. The first kappa shape index (κ1) is 14.5. The van der Waals surface area contributed by atoms with Crippen LogP contribution in [0.4, 0.5) is 0 Å². The third-order valence-corrected chi connectivity index (χ3v) is 4.96. The molecule has 0 bridgehead atoms. The van der Waals surface area contributed by atoms with Crippen molar-refractivity contribution in [3.05, 3.63) is 22.4 Å². The lowest BCUT2D eigenvalue weighted by molar-refractivity contribution is -0.135. The first-order valence-corrected chi connectivity index (χ1v) is 8.10. The van der Waals surface area contributed by atoms with Gasteiger partial charge in [0.15, 0.2) is 0 Å². The van der Waals surface area contributed by atoms with Gasteiger partial charge < -0.3 is 10.6 Å². The summed E-state index contributed by atoms with van der Waals surface area (Å²) in [5, 5.41) is 2.09. The Hall–Kier alpha value is -0.870. The number of piperidine rings is 1. The van der Waals surface area contributed by atoms with Gasteiger partial charge in [-0.1, -0.05) is 6.07 Å². The van der Waals surface area contributed by atoms with Crippen molar-refractivity contribution in [2.24, 2.45) is 11.7 Å². The summed E-state index contributed by atoms with van der Waals surface area (Å²) < 4.78 is 0. The molecule has 1 saturated heterocycles. The molecule has 1 amide bonds. The largest absolute Gasteiger partial charge is 0.340 e. The van der Waals surface area contributed by atoms with E-state index in [1.165, 1.54) is 4.88 Å². The molecule has 1 fully saturated rings. The van der Waals surface area contributed by atoms with Crippen LogP contribution in [0.2, 0.25) is 0 Å². The van der Waals surface area contributed by atoms with E-state index in [0.717, 1.165) is 32.2 Å². The molecule has 2 N–H and O–H groups in total. The predicted octanol–water partition coefficient (Wildman–Crippen LogP) is 2.66. The van der Waals surface area contributed by atoms with Crippen molar-refractivity contribution in [3.63, 3.8) is 0 Å². The molecule has 106 valence electrons. The van der Waals surface area contributed by atoms with Crippen molar-refractivity contribution in [2.45, 2.75) is 45.1 Å². The summed E-state index contributed by atoms with van der Waals surface area (Å²) in [6.45, 7) is 3.71. The number of likely N-dealkylation sites (tertiary alicyclic amines) is 1. The van der Waals surface area contributed by atoms with Crippen LogP contribution in [0.5, 0.6) is 0 Å². The second-order valence-electron chi connectivity index (χ2n) is 5.51. The van der Waals surface area contributed by atoms with Crippen molar-refractivity contribution >= 4 is 17.2 Å². The Morgan fingerprint density at radius 3 is 3.05 bits per heavy atom. The Balaban J connectivity index is 1.78. The van der Waals surface area contributed by atoms with Crippen molar-refractivity contribution in [1.82, 2.24) is 4.90 Å². The van der Waals surface area contributed by atoms with Crippen LogP contribution in [0, 0.1) is 5.92 Å². The third-order valence-electron chi connectivity index (χ3n) is 4.03. The highest BCUT2D eigenvalue weighted by molar-refractivity contribution is 7.09. The quantitative estimate of drug-likeness (QED) is 0.901. The number of hydrogen-bond acceptors (Lipinski definition) is 3. The standard InChI is InChI=1S/C15H24N2OS/c1-12-7-8-13(10-16)11-17(12)15(18)6-2-4-14-5-3-9-19-14/h3,5,9,12-13H,2,4,6-8,10-11,16H2,1H3. The molecule has 2 rings (SSSR count). The minimum absolute atomic E-state index is 0.308. The lowest BCUT2D eigenvalue weighted by atomic mass is 9.93. The number of rotatable bonds is 5. The molecule has 0 saturated carbocycles. The van der Waals surface area contributed by atoms with Crippen LogP contribution in [-0.2, 0) is 11.2 Å². The molecule has 1 aromatic heterocycles. The minimum atomic E-state index is 0.308. The second-order valence-corrected chi connectivity index (χ2v) is 6.54. The summed E-state index contributed by atoms with van der Waals surface area (Å²) in [5.74, 6) is 0.805. The molecule has 19 heavy (non-hydrogen) atoms. The van der Waals surface area contributed by atoms with E-state index in [4.69, 9.17) is 5.73 Å². The number of carbonyl (C=O) groups excluding carboxylic acids is 1. The van der Waals surface area contributed by atoms with Crippen molar-refractivity contribution in [2.75, 3.05) is 13.1 Å². The smallest absolute Gasteiger partial charge is 0.222 e. The highest BCUT2D eigenvalue weighted by Crippen LogP contribution is 2.22. The Morgan fingerprint density at radius 1 is 1.53 bits per heavy atom. The Kier molecular flexibility index (Phi) is 5.40. The van der Waals surface area contributed by atoms with Gasteiger partial charge in [-0.05, 0) is 56.5 Å². The van der Waals surface area contributed by atoms with Crippen LogP contribution in [0.15, 0.2) is 17.5 Å². The summed E-state index contributed by atoms with van der Waals surface area (Å²) in [5.41, 5.74) is 5.74. The number of thiophene rings is 1. The highest BCUT2D eigenvalue weighted by Gasteiger charge is 2.27. The van der Waals surface area contributed by atoms with Crippen molar-refractivity contribution in [1.29, 1.82) is 0 Å². The molecule has 1 aliphatic rings. The molecule has 3 nitrogen and oxygen atoms in total. The van der Waals surface area contributed by atoms with E-state index < -0.39 is 0 Å². The highest BCUT2D eigenvalue weighted by atomic mass is 32.1. The zero-order valence-corrected chi connectivity index (χ0v) is 12.5. The number of amides is 1. The van der Waals surface area contributed by atoms with Gasteiger partial charge in [0.1, 0.15) is 0 Å². The summed E-state index contributed by atoms with van der Waals surface area (Å²) in [4.78, 5) is 15.7. The monoisotopic (exact) mass is 280 g/mol. The fraction of sp³-hybridized carbons (Fsp3) is 0.667. The molecular formula is C15H24N2OS. The van der Waals surface area contributed by atoms with Crippen molar-refractivity contribution in [3.8, 4) is 0 Å². The minimum Gasteiger partial charge on any atom is -0.340 e. The number of carbonyl (C=O) groups is 1. The SMILES string of the molecule is CC1CCC(CN)CN1C(=O)CCCc1cccs1. The van der Waals surface area contributed by atoms with Gasteiger partial charge in [-0.15, -0.1) is 11.3 Å². The maximum atomic E-state index is 12.3. The van der Waals surface area contributed by atoms with Crippen LogP contribution in [0.25, 0.3) is 0 Å². The molecule has 2 atom stereocenters. The fourth-order valence-corrected chi connectivity index (χ4v) is 3.49. The normalized spacial score (nSPS) is 23.6. The van der Waals surface area contributed by atoms with Gasteiger partial charge in [0.25, 0.3) is 0 Å². The molecule has 2 unspecified atom stereocenters. The van der Waals surface area contributed by atoms with Crippen LogP contribution in [0.3, 0.4) is 0 Å².